The van der Waals surface area contributed by atoms with E-state index >= 15 is 0 Å². The molecule has 1 atom stereocenters. The molecule has 0 aromatic rings. The lowest BCUT2D eigenvalue weighted by atomic mass is 10.2. The normalized spacial score (nSPS) is 18.4. The molecule has 0 aliphatic carbocycles. The standard InChI is InChI=1S/C8H17N.2C2H6.2CH4/c1-3-8-6-5-7-9(8)4-2;2*1-2;;/h8H,3-7H2,1-2H3;2*1-2H3;2*1H4. The van der Waals surface area contributed by atoms with Crippen LogP contribution in [0, 0.1) is 0 Å². The Kier molecular flexibility index (Phi) is 31.6. The summed E-state index contributed by atoms with van der Waals surface area (Å²) in [5, 5.41) is 0. The van der Waals surface area contributed by atoms with E-state index in [0.29, 0.717) is 0 Å². The third-order valence-electron chi connectivity index (χ3n) is 2.38. The lowest BCUT2D eigenvalue weighted by molar-refractivity contribution is 0.262. The number of hydrogen-bond donors (Lipinski definition) is 0. The second-order valence-electron chi connectivity index (χ2n) is 2.83. The van der Waals surface area contributed by atoms with E-state index in [2.05, 4.69) is 18.7 Å². The SMILES string of the molecule is C.C.CC.CC.CCC1CCCN1CC. The van der Waals surface area contributed by atoms with Gasteiger partial charge in [-0.1, -0.05) is 56.4 Å². The molecule has 0 aromatic heterocycles. The van der Waals surface area contributed by atoms with Gasteiger partial charge >= 0.3 is 0 Å². The van der Waals surface area contributed by atoms with Crippen molar-refractivity contribution in [3.05, 3.63) is 0 Å². The quantitative estimate of drug-likeness (QED) is 0.616. The molecule has 0 bridgehead atoms. The van der Waals surface area contributed by atoms with Crippen LogP contribution >= 0.6 is 0 Å². The Morgan fingerprint density at radius 2 is 1.47 bits per heavy atom. The van der Waals surface area contributed by atoms with Crippen LogP contribution in [0.1, 0.15) is 75.7 Å². The molecule has 1 rings (SSSR count). The molecule has 0 aromatic carbocycles. The summed E-state index contributed by atoms with van der Waals surface area (Å²) in [5.41, 5.74) is 0. The van der Waals surface area contributed by atoms with Gasteiger partial charge in [-0.25, -0.2) is 0 Å². The first-order valence-electron chi connectivity index (χ1n) is 6.12. The number of likely N-dealkylation sites (tertiary alicyclic amines) is 1. The Bertz CT molecular complexity index is 71.4. The van der Waals surface area contributed by atoms with Crippen LogP contribution in [-0.4, -0.2) is 24.0 Å². The number of nitrogens with zero attached hydrogens (tertiary/aromatic N) is 1. The third-order valence-corrected chi connectivity index (χ3v) is 2.38. The van der Waals surface area contributed by atoms with Crippen LogP contribution < -0.4 is 0 Å². The van der Waals surface area contributed by atoms with Crippen LogP contribution in [0.4, 0.5) is 0 Å². The van der Waals surface area contributed by atoms with Crippen molar-refractivity contribution in [2.45, 2.75) is 81.7 Å². The van der Waals surface area contributed by atoms with Crippen LogP contribution in [0.3, 0.4) is 0 Å². The topological polar surface area (TPSA) is 3.24 Å². The van der Waals surface area contributed by atoms with Gasteiger partial charge < -0.3 is 4.90 Å². The monoisotopic (exact) mass is 219 g/mol. The Balaban J connectivity index is -0.0000000910. The van der Waals surface area contributed by atoms with Gasteiger partial charge in [0, 0.05) is 6.04 Å². The first-order chi connectivity index (χ1) is 6.38. The average Bonchev–Trinajstić information content (AvgIpc) is 2.70. The Hall–Kier alpha value is -0.0400. The van der Waals surface area contributed by atoms with Crippen LogP contribution in [-0.2, 0) is 0 Å². The molecule has 15 heavy (non-hydrogen) atoms. The van der Waals surface area contributed by atoms with E-state index in [1.54, 1.807) is 0 Å². The minimum Gasteiger partial charge on any atom is -0.301 e. The molecular formula is C14H37N. The maximum Gasteiger partial charge on any atom is 0.00929 e. The summed E-state index contributed by atoms with van der Waals surface area (Å²) in [4.78, 5) is 2.58. The second kappa shape index (κ2) is 19.5. The van der Waals surface area contributed by atoms with Crippen molar-refractivity contribution in [2.24, 2.45) is 0 Å². The average molecular weight is 219 g/mol. The van der Waals surface area contributed by atoms with E-state index in [-0.39, 0.29) is 14.9 Å². The summed E-state index contributed by atoms with van der Waals surface area (Å²) in [5.74, 6) is 0. The van der Waals surface area contributed by atoms with E-state index < -0.39 is 0 Å². The second-order valence-corrected chi connectivity index (χ2v) is 2.83. The van der Waals surface area contributed by atoms with Crippen molar-refractivity contribution in [3.8, 4) is 0 Å². The Morgan fingerprint density at radius 3 is 1.73 bits per heavy atom. The van der Waals surface area contributed by atoms with E-state index in [4.69, 9.17) is 0 Å². The van der Waals surface area contributed by atoms with E-state index in [0.717, 1.165) is 6.04 Å². The highest BCUT2D eigenvalue weighted by molar-refractivity contribution is 4.76. The summed E-state index contributed by atoms with van der Waals surface area (Å²) < 4.78 is 0. The lowest BCUT2D eigenvalue weighted by Gasteiger charge is -2.20. The maximum atomic E-state index is 2.58. The molecule has 1 aliphatic rings. The molecule has 0 N–H and O–H groups in total. The van der Waals surface area contributed by atoms with Gasteiger partial charge in [0.15, 0.2) is 0 Å². The minimum atomic E-state index is 0. The lowest BCUT2D eigenvalue weighted by Crippen LogP contribution is -2.28. The predicted octanol–water partition coefficient (Wildman–Crippen LogP) is 5.21. The van der Waals surface area contributed by atoms with Crippen molar-refractivity contribution in [3.63, 3.8) is 0 Å². The predicted molar refractivity (Wildman–Crippen MR) is 76.7 cm³/mol. The highest BCUT2D eigenvalue weighted by Crippen LogP contribution is 2.18. The highest BCUT2D eigenvalue weighted by Gasteiger charge is 2.20. The van der Waals surface area contributed by atoms with Crippen molar-refractivity contribution >= 4 is 0 Å². The molecule has 0 spiro atoms. The highest BCUT2D eigenvalue weighted by atomic mass is 15.2. The summed E-state index contributed by atoms with van der Waals surface area (Å²) >= 11 is 0. The third kappa shape index (κ3) is 10.2. The fourth-order valence-corrected chi connectivity index (χ4v) is 1.77. The van der Waals surface area contributed by atoms with Gasteiger partial charge in [-0.2, -0.15) is 0 Å². The van der Waals surface area contributed by atoms with E-state index in [9.17, 15) is 0 Å². The molecule has 0 radical (unpaired) electrons. The van der Waals surface area contributed by atoms with Crippen molar-refractivity contribution < 1.29 is 0 Å². The number of rotatable bonds is 2. The van der Waals surface area contributed by atoms with Crippen LogP contribution in [0.25, 0.3) is 0 Å². The first-order valence-corrected chi connectivity index (χ1v) is 6.12. The molecule has 0 amide bonds. The molecule has 1 unspecified atom stereocenters. The van der Waals surface area contributed by atoms with Gasteiger partial charge in [0.25, 0.3) is 0 Å². The van der Waals surface area contributed by atoms with E-state index in [1.807, 2.05) is 27.7 Å². The van der Waals surface area contributed by atoms with Gasteiger partial charge in [0.1, 0.15) is 0 Å². The fraction of sp³-hybridized carbons (Fsp3) is 1.00. The van der Waals surface area contributed by atoms with Crippen molar-refractivity contribution in [2.75, 3.05) is 13.1 Å². The van der Waals surface area contributed by atoms with Crippen molar-refractivity contribution in [1.29, 1.82) is 0 Å². The molecule has 1 aliphatic heterocycles. The molecule has 1 fully saturated rings. The zero-order chi connectivity index (χ0) is 10.7. The molecule has 1 saturated heterocycles. The molecule has 0 saturated carbocycles. The fourth-order valence-electron chi connectivity index (χ4n) is 1.77. The zero-order valence-electron chi connectivity index (χ0n) is 10.6. The summed E-state index contributed by atoms with van der Waals surface area (Å²) in [6.45, 7) is 15.1. The first kappa shape index (κ1) is 24.3. The molecule has 1 heterocycles. The van der Waals surface area contributed by atoms with Crippen LogP contribution in [0.15, 0.2) is 0 Å². The van der Waals surface area contributed by atoms with Crippen molar-refractivity contribution in [1.82, 2.24) is 4.90 Å². The van der Waals surface area contributed by atoms with Gasteiger partial charge in [-0.05, 0) is 32.4 Å². The smallest absolute Gasteiger partial charge is 0.00929 e. The molecule has 1 nitrogen and oxygen atoms in total. The largest absolute Gasteiger partial charge is 0.301 e. The maximum absolute atomic E-state index is 2.58. The van der Waals surface area contributed by atoms with Gasteiger partial charge in [-0.15, -0.1) is 0 Å². The molecular weight excluding hydrogens is 182 g/mol. The molecule has 1 heteroatoms. The Morgan fingerprint density at radius 1 is 1.00 bits per heavy atom. The zero-order valence-corrected chi connectivity index (χ0v) is 10.6. The summed E-state index contributed by atoms with van der Waals surface area (Å²) in [6.07, 6.45) is 4.20. The minimum absolute atomic E-state index is 0. The number of hydrogen-bond acceptors (Lipinski definition) is 1. The summed E-state index contributed by atoms with van der Waals surface area (Å²) in [7, 11) is 0. The van der Waals surface area contributed by atoms with Crippen LogP contribution in [0.5, 0.6) is 0 Å². The van der Waals surface area contributed by atoms with Crippen LogP contribution in [0.2, 0.25) is 0 Å². The Labute approximate surface area is 100 Å². The van der Waals surface area contributed by atoms with Gasteiger partial charge in [0.2, 0.25) is 0 Å². The molecule has 98 valence electrons. The van der Waals surface area contributed by atoms with E-state index in [1.165, 1.54) is 32.4 Å². The summed E-state index contributed by atoms with van der Waals surface area (Å²) in [6, 6.07) is 0.912. The van der Waals surface area contributed by atoms with Gasteiger partial charge in [-0.3, -0.25) is 0 Å². The van der Waals surface area contributed by atoms with Gasteiger partial charge in [0.05, 0.1) is 0 Å².